The van der Waals surface area contributed by atoms with Crippen molar-refractivity contribution >= 4 is 21.4 Å². The van der Waals surface area contributed by atoms with E-state index in [2.05, 4.69) is 5.32 Å². The number of rotatable bonds is 8. The summed E-state index contributed by atoms with van der Waals surface area (Å²) < 4.78 is 29.3. The fourth-order valence-corrected chi connectivity index (χ4v) is 3.55. The van der Waals surface area contributed by atoms with Crippen LogP contribution in [0.4, 0.5) is 5.69 Å². The first-order chi connectivity index (χ1) is 11.5. The number of para-hydroxylation sites is 2. The second kappa shape index (κ2) is 8.49. The van der Waals surface area contributed by atoms with Crippen molar-refractivity contribution in [1.82, 2.24) is 0 Å². The molecule has 0 aliphatic rings. The van der Waals surface area contributed by atoms with Crippen LogP contribution in [0, 0.1) is 0 Å². The molecule has 0 aromatic heterocycles. The maximum Gasteiger partial charge on any atom is 0.239 e. The van der Waals surface area contributed by atoms with Crippen molar-refractivity contribution in [1.29, 1.82) is 0 Å². The van der Waals surface area contributed by atoms with Gasteiger partial charge in [0.2, 0.25) is 5.91 Å². The number of amides is 1. The largest absolute Gasteiger partial charge is 0.495 e. The number of nitrogens with one attached hydrogen (secondary N) is 1. The van der Waals surface area contributed by atoms with E-state index in [1.165, 1.54) is 7.11 Å². The van der Waals surface area contributed by atoms with Crippen molar-refractivity contribution in [2.24, 2.45) is 0 Å². The van der Waals surface area contributed by atoms with E-state index in [9.17, 15) is 13.2 Å². The summed E-state index contributed by atoms with van der Waals surface area (Å²) >= 11 is 0. The zero-order chi connectivity index (χ0) is 17.4. The second-order valence-corrected chi connectivity index (χ2v) is 7.61. The van der Waals surface area contributed by atoms with E-state index >= 15 is 0 Å². The number of ether oxygens (including phenoxy) is 1. The normalized spacial score (nSPS) is 11.0. The Labute approximate surface area is 142 Å². The van der Waals surface area contributed by atoms with Crippen LogP contribution < -0.4 is 10.1 Å². The molecule has 24 heavy (non-hydrogen) atoms. The number of aryl methyl sites for hydroxylation is 1. The summed E-state index contributed by atoms with van der Waals surface area (Å²) in [6.07, 6.45) is 1.17. The van der Waals surface area contributed by atoms with Crippen molar-refractivity contribution in [3.8, 4) is 5.75 Å². The van der Waals surface area contributed by atoms with Crippen LogP contribution in [-0.4, -0.2) is 32.9 Å². The minimum absolute atomic E-state index is 0.0127. The molecule has 0 aliphatic carbocycles. The SMILES string of the molecule is COc1ccccc1NC(=O)CS(=O)(=O)CCCc1ccccc1. The summed E-state index contributed by atoms with van der Waals surface area (Å²) in [7, 11) is -1.95. The summed E-state index contributed by atoms with van der Waals surface area (Å²) in [6.45, 7) is 0. The number of carbonyl (C=O) groups excluding carboxylic acids is 1. The van der Waals surface area contributed by atoms with Crippen molar-refractivity contribution in [3.63, 3.8) is 0 Å². The van der Waals surface area contributed by atoms with Gasteiger partial charge < -0.3 is 10.1 Å². The Balaban J connectivity index is 1.85. The summed E-state index contributed by atoms with van der Waals surface area (Å²) in [5, 5.41) is 2.58. The number of sulfone groups is 1. The van der Waals surface area contributed by atoms with Gasteiger partial charge in [-0.2, -0.15) is 0 Å². The quantitative estimate of drug-likeness (QED) is 0.797. The Morgan fingerprint density at radius 1 is 1.04 bits per heavy atom. The Morgan fingerprint density at radius 3 is 2.42 bits per heavy atom. The van der Waals surface area contributed by atoms with Gasteiger partial charge in [-0.25, -0.2) is 8.42 Å². The maximum atomic E-state index is 12.1. The topological polar surface area (TPSA) is 72.5 Å². The molecule has 2 aromatic rings. The average Bonchev–Trinajstić information content (AvgIpc) is 2.55. The lowest BCUT2D eigenvalue weighted by Crippen LogP contribution is -2.25. The van der Waals surface area contributed by atoms with E-state index in [0.29, 0.717) is 24.3 Å². The molecule has 6 heteroatoms. The van der Waals surface area contributed by atoms with Gasteiger partial charge in [0.25, 0.3) is 0 Å². The van der Waals surface area contributed by atoms with Crippen molar-refractivity contribution in [3.05, 3.63) is 60.2 Å². The molecule has 128 valence electrons. The van der Waals surface area contributed by atoms with Gasteiger partial charge in [-0.05, 0) is 30.5 Å². The summed E-state index contributed by atoms with van der Waals surface area (Å²) in [5.74, 6) is -0.604. The number of hydrogen-bond donors (Lipinski definition) is 1. The van der Waals surface area contributed by atoms with Gasteiger partial charge in [-0.1, -0.05) is 42.5 Å². The van der Waals surface area contributed by atoms with Gasteiger partial charge in [0, 0.05) is 0 Å². The Morgan fingerprint density at radius 2 is 1.71 bits per heavy atom. The van der Waals surface area contributed by atoms with E-state index < -0.39 is 21.5 Å². The minimum Gasteiger partial charge on any atom is -0.495 e. The van der Waals surface area contributed by atoms with E-state index in [-0.39, 0.29) is 5.75 Å². The van der Waals surface area contributed by atoms with Crippen molar-refractivity contribution < 1.29 is 17.9 Å². The molecule has 0 spiro atoms. The van der Waals surface area contributed by atoms with Crippen LogP contribution in [0.2, 0.25) is 0 Å². The number of benzene rings is 2. The molecule has 0 unspecified atom stereocenters. The number of methoxy groups -OCH3 is 1. The first-order valence-electron chi connectivity index (χ1n) is 7.67. The molecule has 0 bridgehead atoms. The van der Waals surface area contributed by atoms with E-state index in [4.69, 9.17) is 4.74 Å². The molecule has 0 aliphatic heterocycles. The van der Waals surface area contributed by atoms with Gasteiger partial charge in [0.15, 0.2) is 9.84 Å². The third-order valence-corrected chi connectivity index (χ3v) is 5.11. The molecular formula is C18H21NO4S. The first kappa shape index (κ1) is 18.0. The molecule has 0 radical (unpaired) electrons. The van der Waals surface area contributed by atoms with Gasteiger partial charge in [-0.15, -0.1) is 0 Å². The fraction of sp³-hybridized carbons (Fsp3) is 0.278. The van der Waals surface area contributed by atoms with Crippen LogP contribution in [0.3, 0.4) is 0 Å². The van der Waals surface area contributed by atoms with E-state index in [1.807, 2.05) is 30.3 Å². The smallest absolute Gasteiger partial charge is 0.239 e. The molecular weight excluding hydrogens is 326 g/mol. The molecule has 2 rings (SSSR count). The lowest BCUT2D eigenvalue weighted by molar-refractivity contribution is -0.113. The average molecular weight is 347 g/mol. The lowest BCUT2D eigenvalue weighted by Gasteiger charge is -2.10. The molecule has 1 N–H and O–H groups in total. The van der Waals surface area contributed by atoms with Crippen LogP contribution in [0.1, 0.15) is 12.0 Å². The first-order valence-corrected chi connectivity index (χ1v) is 9.49. The van der Waals surface area contributed by atoms with Crippen LogP contribution in [0.5, 0.6) is 5.75 Å². The zero-order valence-electron chi connectivity index (χ0n) is 13.6. The summed E-state index contributed by atoms with van der Waals surface area (Å²) in [5.41, 5.74) is 1.55. The molecule has 0 saturated heterocycles. The molecule has 0 atom stereocenters. The molecule has 0 fully saturated rings. The van der Waals surface area contributed by atoms with E-state index in [1.54, 1.807) is 24.3 Å². The molecule has 0 heterocycles. The van der Waals surface area contributed by atoms with Gasteiger partial charge in [0.05, 0.1) is 18.6 Å². The standard InChI is InChI=1S/C18H21NO4S/c1-23-17-12-6-5-11-16(17)19-18(20)14-24(21,22)13-7-10-15-8-3-2-4-9-15/h2-6,8-9,11-12H,7,10,13-14H2,1H3,(H,19,20). The predicted molar refractivity (Wildman–Crippen MR) is 95.0 cm³/mol. The highest BCUT2D eigenvalue weighted by atomic mass is 32.2. The fourth-order valence-electron chi connectivity index (χ4n) is 2.35. The third kappa shape index (κ3) is 5.70. The van der Waals surface area contributed by atoms with Crippen molar-refractivity contribution in [2.75, 3.05) is 23.9 Å². The summed E-state index contributed by atoms with van der Waals surface area (Å²) in [4.78, 5) is 12.0. The van der Waals surface area contributed by atoms with E-state index in [0.717, 1.165) is 5.56 Å². The molecule has 1 amide bonds. The minimum atomic E-state index is -3.44. The van der Waals surface area contributed by atoms with Gasteiger partial charge in [-0.3, -0.25) is 4.79 Å². The zero-order valence-corrected chi connectivity index (χ0v) is 14.4. The van der Waals surface area contributed by atoms with Crippen molar-refractivity contribution in [2.45, 2.75) is 12.8 Å². The Hall–Kier alpha value is -2.34. The van der Waals surface area contributed by atoms with Crippen LogP contribution in [0.15, 0.2) is 54.6 Å². The second-order valence-electron chi connectivity index (χ2n) is 5.43. The van der Waals surface area contributed by atoms with Crippen LogP contribution in [0.25, 0.3) is 0 Å². The van der Waals surface area contributed by atoms with Gasteiger partial charge in [0.1, 0.15) is 11.5 Å². The number of carbonyl (C=O) groups is 1. The molecule has 5 nitrogen and oxygen atoms in total. The Bertz CT molecular complexity index is 773. The number of hydrogen-bond acceptors (Lipinski definition) is 4. The highest BCUT2D eigenvalue weighted by Crippen LogP contribution is 2.22. The molecule has 0 saturated carbocycles. The Kier molecular flexibility index (Phi) is 6.37. The van der Waals surface area contributed by atoms with Crippen LogP contribution >= 0.6 is 0 Å². The lowest BCUT2D eigenvalue weighted by atomic mass is 10.1. The van der Waals surface area contributed by atoms with Crippen LogP contribution in [-0.2, 0) is 21.1 Å². The maximum absolute atomic E-state index is 12.1. The summed E-state index contributed by atoms with van der Waals surface area (Å²) in [6, 6.07) is 16.6. The highest BCUT2D eigenvalue weighted by Gasteiger charge is 2.17. The number of anilines is 1. The monoisotopic (exact) mass is 347 g/mol. The predicted octanol–water partition coefficient (Wildman–Crippen LogP) is 2.68. The highest BCUT2D eigenvalue weighted by molar-refractivity contribution is 7.92. The molecule has 2 aromatic carbocycles. The third-order valence-electron chi connectivity index (χ3n) is 3.50. The van der Waals surface area contributed by atoms with Gasteiger partial charge >= 0.3 is 0 Å².